The van der Waals surface area contributed by atoms with E-state index < -0.39 is 11.4 Å². The Kier molecular flexibility index (Phi) is 4.40. The van der Waals surface area contributed by atoms with Crippen LogP contribution in [-0.2, 0) is 17.6 Å². The summed E-state index contributed by atoms with van der Waals surface area (Å²) >= 11 is 0. The third kappa shape index (κ3) is 4.70. The van der Waals surface area contributed by atoms with Gasteiger partial charge in [0.2, 0.25) is 5.89 Å². The number of carbonyl (C=O) groups is 1. The number of aromatic nitrogens is 2. The van der Waals surface area contributed by atoms with Crippen LogP contribution in [0.2, 0.25) is 0 Å². The van der Waals surface area contributed by atoms with E-state index in [1.165, 1.54) is 5.56 Å². The second-order valence-electron chi connectivity index (χ2n) is 6.18. The predicted octanol–water partition coefficient (Wildman–Crippen LogP) is 3.01. The SMILES string of the molecule is Cc1cccc(Cc2noc(CC(C)(C)CC(=O)O)n2)c1. The Morgan fingerprint density at radius 3 is 2.81 bits per heavy atom. The monoisotopic (exact) mass is 288 g/mol. The summed E-state index contributed by atoms with van der Waals surface area (Å²) in [5.41, 5.74) is 1.92. The van der Waals surface area contributed by atoms with Gasteiger partial charge in [-0.25, -0.2) is 0 Å². The summed E-state index contributed by atoms with van der Waals surface area (Å²) < 4.78 is 5.23. The van der Waals surface area contributed by atoms with E-state index in [1.54, 1.807) is 0 Å². The zero-order valence-electron chi connectivity index (χ0n) is 12.6. The van der Waals surface area contributed by atoms with Crippen LogP contribution in [0.25, 0.3) is 0 Å². The van der Waals surface area contributed by atoms with Gasteiger partial charge in [-0.05, 0) is 17.9 Å². The highest BCUT2D eigenvalue weighted by Gasteiger charge is 2.25. The van der Waals surface area contributed by atoms with Crippen LogP contribution in [-0.4, -0.2) is 21.2 Å². The fourth-order valence-corrected chi connectivity index (χ4v) is 2.32. The van der Waals surface area contributed by atoms with E-state index >= 15 is 0 Å². The van der Waals surface area contributed by atoms with Crippen molar-refractivity contribution in [1.82, 2.24) is 10.1 Å². The van der Waals surface area contributed by atoms with Gasteiger partial charge in [0.25, 0.3) is 0 Å². The van der Waals surface area contributed by atoms with Crippen molar-refractivity contribution in [3.63, 3.8) is 0 Å². The maximum Gasteiger partial charge on any atom is 0.303 e. The number of benzene rings is 1. The van der Waals surface area contributed by atoms with Crippen molar-refractivity contribution in [2.45, 2.75) is 40.0 Å². The molecule has 0 spiro atoms. The number of nitrogens with zero attached hydrogens (tertiary/aromatic N) is 2. The summed E-state index contributed by atoms with van der Waals surface area (Å²) in [6, 6.07) is 8.16. The van der Waals surface area contributed by atoms with Crippen molar-refractivity contribution >= 4 is 5.97 Å². The van der Waals surface area contributed by atoms with Gasteiger partial charge in [-0.15, -0.1) is 0 Å². The van der Waals surface area contributed by atoms with E-state index in [0.717, 1.165) is 5.56 Å². The summed E-state index contributed by atoms with van der Waals surface area (Å²) in [5.74, 6) is 0.296. The Hall–Kier alpha value is -2.17. The molecule has 0 aliphatic rings. The normalized spacial score (nSPS) is 11.6. The summed E-state index contributed by atoms with van der Waals surface area (Å²) in [4.78, 5) is 15.2. The van der Waals surface area contributed by atoms with Crippen LogP contribution < -0.4 is 0 Å². The van der Waals surface area contributed by atoms with E-state index in [2.05, 4.69) is 16.2 Å². The van der Waals surface area contributed by atoms with E-state index in [9.17, 15) is 4.79 Å². The van der Waals surface area contributed by atoms with Crippen molar-refractivity contribution in [1.29, 1.82) is 0 Å². The molecule has 0 aliphatic heterocycles. The number of carboxylic acids is 1. The molecule has 0 radical (unpaired) electrons. The summed E-state index contributed by atoms with van der Waals surface area (Å²) in [6.07, 6.45) is 1.15. The highest BCUT2D eigenvalue weighted by Crippen LogP contribution is 2.25. The fraction of sp³-hybridized carbons (Fsp3) is 0.438. The van der Waals surface area contributed by atoms with E-state index in [4.69, 9.17) is 9.63 Å². The van der Waals surface area contributed by atoms with Gasteiger partial charge < -0.3 is 9.63 Å². The van der Waals surface area contributed by atoms with Crippen LogP contribution in [0, 0.1) is 12.3 Å². The van der Waals surface area contributed by atoms with Gasteiger partial charge in [0.1, 0.15) is 0 Å². The lowest BCUT2D eigenvalue weighted by Gasteiger charge is -2.19. The topological polar surface area (TPSA) is 76.2 Å². The van der Waals surface area contributed by atoms with Gasteiger partial charge in [-0.2, -0.15) is 4.98 Å². The van der Waals surface area contributed by atoms with Gasteiger partial charge in [0.15, 0.2) is 5.82 Å². The van der Waals surface area contributed by atoms with Crippen LogP contribution in [0.5, 0.6) is 0 Å². The number of aryl methyl sites for hydroxylation is 1. The average molecular weight is 288 g/mol. The summed E-state index contributed by atoms with van der Waals surface area (Å²) in [5, 5.41) is 12.9. The Morgan fingerprint density at radius 2 is 2.14 bits per heavy atom. The minimum Gasteiger partial charge on any atom is -0.481 e. The number of aliphatic carboxylic acids is 1. The smallest absolute Gasteiger partial charge is 0.303 e. The van der Waals surface area contributed by atoms with Gasteiger partial charge >= 0.3 is 5.97 Å². The maximum atomic E-state index is 10.8. The van der Waals surface area contributed by atoms with Gasteiger partial charge in [0.05, 0.1) is 6.42 Å². The zero-order valence-corrected chi connectivity index (χ0v) is 12.6. The van der Waals surface area contributed by atoms with Crippen LogP contribution in [0.15, 0.2) is 28.8 Å². The van der Waals surface area contributed by atoms with E-state index in [1.807, 2.05) is 39.0 Å². The molecule has 2 aromatic rings. The Morgan fingerprint density at radius 1 is 1.38 bits per heavy atom. The van der Waals surface area contributed by atoms with Crippen molar-refractivity contribution in [2.24, 2.45) is 5.41 Å². The largest absolute Gasteiger partial charge is 0.481 e. The summed E-state index contributed by atoms with van der Waals surface area (Å²) in [6.45, 7) is 5.80. The molecule has 0 saturated heterocycles. The first-order valence-electron chi connectivity index (χ1n) is 6.93. The number of carboxylic acid groups (broad SMARTS) is 1. The van der Waals surface area contributed by atoms with Crippen molar-refractivity contribution < 1.29 is 14.4 Å². The lowest BCUT2D eigenvalue weighted by Crippen LogP contribution is -2.19. The lowest BCUT2D eigenvalue weighted by molar-refractivity contribution is -0.139. The maximum absolute atomic E-state index is 10.8. The second-order valence-corrected chi connectivity index (χ2v) is 6.18. The van der Waals surface area contributed by atoms with Crippen LogP contribution in [0.4, 0.5) is 0 Å². The van der Waals surface area contributed by atoms with Crippen LogP contribution in [0.3, 0.4) is 0 Å². The molecule has 0 bridgehead atoms. The molecule has 0 atom stereocenters. The van der Waals surface area contributed by atoms with E-state index in [0.29, 0.717) is 24.6 Å². The number of rotatable bonds is 6. The van der Waals surface area contributed by atoms with Crippen molar-refractivity contribution in [3.05, 3.63) is 47.1 Å². The van der Waals surface area contributed by atoms with E-state index in [-0.39, 0.29) is 6.42 Å². The van der Waals surface area contributed by atoms with Gasteiger partial charge in [-0.1, -0.05) is 48.8 Å². The molecular weight excluding hydrogens is 268 g/mol. The molecule has 5 heteroatoms. The number of hydrogen-bond acceptors (Lipinski definition) is 4. The first kappa shape index (κ1) is 15.2. The minimum atomic E-state index is -0.820. The Bertz CT molecular complexity index is 632. The molecule has 0 aliphatic carbocycles. The lowest BCUT2D eigenvalue weighted by atomic mass is 9.86. The number of hydrogen-bond donors (Lipinski definition) is 1. The van der Waals surface area contributed by atoms with Gasteiger partial charge in [0, 0.05) is 12.8 Å². The third-order valence-electron chi connectivity index (χ3n) is 3.21. The standard InChI is InChI=1S/C16H20N2O3/c1-11-5-4-6-12(7-11)8-13-17-14(21-18-13)9-16(2,3)10-15(19)20/h4-7H,8-10H2,1-3H3,(H,19,20). The van der Waals surface area contributed by atoms with Crippen LogP contribution in [0.1, 0.15) is 43.1 Å². The quantitative estimate of drug-likeness (QED) is 0.884. The molecule has 0 saturated carbocycles. The molecule has 21 heavy (non-hydrogen) atoms. The van der Waals surface area contributed by atoms with Crippen molar-refractivity contribution in [3.8, 4) is 0 Å². The molecule has 5 nitrogen and oxygen atoms in total. The second kappa shape index (κ2) is 6.08. The fourth-order valence-electron chi connectivity index (χ4n) is 2.32. The molecule has 1 heterocycles. The summed E-state index contributed by atoms with van der Waals surface area (Å²) in [7, 11) is 0. The molecule has 1 aromatic carbocycles. The van der Waals surface area contributed by atoms with Gasteiger partial charge in [-0.3, -0.25) is 4.79 Å². The Balaban J connectivity index is 2.03. The Labute approximate surface area is 124 Å². The average Bonchev–Trinajstić information content (AvgIpc) is 2.73. The molecule has 0 fully saturated rings. The molecule has 0 unspecified atom stereocenters. The molecule has 2 rings (SSSR count). The minimum absolute atomic E-state index is 0.0720. The molecular formula is C16H20N2O3. The molecule has 112 valence electrons. The molecule has 0 amide bonds. The highest BCUT2D eigenvalue weighted by atomic mass is 16.5. The first-order chi connectivity index (χ1) is 9.84. The molecule has 1 aromatic heterocycles. The zero-order chi connectivity index (χ0) is 15.5. The predicted molar refractivity (Wildman–Crippen MR) is 78.0 cm³/mol. The highest BCUT2D eigenvalue weighted by molar-refractivity contribution is 5.67. The van der Waals surface area contributed by atoms with Crippen LogP contribution >= 0.6 is 0 Å². The first-order valence-corrected chi connectivity index (χ1v) is 6.93. The van der Waals surface area contributed by atoms with Crippen molar-refractivity contribution in [2.75, 3.05) is 0 Å². The molecule has 1 N–H and O–H groups in total. The third-order valence-corrected chi connectivity index (χ3v) is 3.21.